The summed E-state index contributed by atoms with van der Waals surface area (Å²) in [4.78, 5) is 24.3. The number of nitrogens with one attached hydrogen (secondary N) is 2. The van der Waals surface area contributed by atoms with Crippen molar-refractivity contribution in [2.75, 3.05) is 43.4 Å². The van der Waals surface area contributed by atoms with Gasteiger partial charge in [0.05, 0.1) is 17.3 Å². The fourth-order valence-electron chi connectivity index (χ4n) is 2.69. The van der Waals surface area contributed by atoms with Gasteiger partial charge in [-0.2, -0.15) is 0 Å². The van der Waals surface area contributed by atoms with Gasteiger partial charge in [0, 0.05) is 43.0 Å². The minimum atomic E-state index is -0.609. The van der Waals surface area contributed by atoms with Gasteiger partial charge >= 0.3 is 6.03 Å². The van der Waals surface area contributed by atoms with E-state index in [1.54, 1.807) is 6.20 Å². The van der Waals surface area contributed by atoms with Crippen LogP contribution in [0.15, 0.2) is 34.3 Å². The number of hydrogen-bond donors (Lipinski definition) is 4. The Morgan fingerprint density at radius 2 is 2.16 bits per heavy atom. The zero-order valence-electron chi connectivity index (χ0n) is 14.0. The lowest BCUT2D eigenvalue weighted by molar-refractivity contribution is 0.259. The first kappa shape index (κ1) is 17.6. The number of aromatic nitrogens is 2. The Hall–Kier alpha value is -2.23. The van der Waals surface area contributed by atoms with E-state index >= 15 is 0 Å². The standard InChI is InChI=1S/C16H22N6O2S/c1-21-4-6-22(7-5-21)15-13(20-16(17)24)8-12(9-18-15)25-14-3-2-11(10-23)19-14/h2-3,8-9,19,23H,4-7,10H2,1H3,(H3,17,20,24). The molecule has 2 aromatic heterocycles. The van der Waals surface area contributed by atoms with Gasteiger partial charge in [-0.3, -0.25) is 0 Å². The van der Waals surface area contributed by atoms with Crippen LogP contribution in [0.5, 0.6) is 0 Å². The van der Waals surface area contributed by atoms with E-state index in [-0.39, 0.29) is 6.61 Å². The molecule has 0 atom stereocenters. The molecule has 0 spiro atoms. The second kappa shape index (κ2) is 7.77. The van der Waals surface area contributed by atoms with E-state index in [2.05, 4.69) is 32.1 Å². The molecule has 0 saturated carbocycles. The third kappa shape index (κ3) is 4.44. The summed E-state index contributed by atoms with van der Waals surface area (Å²) in [7, 11) is 2.09. The number of carbonyl (C=O) groups excluding carboxylic acids is 1. The van der Waals surface area contributed by atoms with Crippen LogP contribution < -0.4 is 16.0 Å². The fourth-order valence-corrected chi connectivity index (χ4v) is 3.54. The van der Waals surface area contributed by atoms with E-state index < -0.39 is 6.03 Å². The van der Waals surface area contributed by atoms with Crippen LogP contribution >= 0.6 is 11.8 Å². The van der Waals surface area contributed by atoms with Crippen molar-refractivity contribution in [1.82, 2.24) is 14.9 Å². The molecule has 9 heteroatoms. The molecule has 25 heavy (non-hydrogen) atoms. The predicted octanol–water partition coefficient (Wildman–Crippen LogP) is 1.30. The highest BCUT2D eigenvalue weighted by Gasteiger charge is 2.19. The second-order valence-electron chi connectivity index (χ2n) is 5.93. The molecule has 3 heterocycles. The number of likely N-dealkylation sites (N-methyl/N-ethyl adjacent to an activating group) is 1. The molecule has 0 aromatic carbocycles. The zero-order chi connectivity index (χ0) is 17.8. The molecular weight excluding hydrogens is 340 g/mol. The average molecular weight is 362 g/mol. The van der Waals surface area contributed by atoms with Gasteiger partial charge in [-0.15, -0.1) is 0 Å². The lowest BCUT2D eigenvalue weighted by atomic mass is 10.3. The Labute approximate surface area is 150 Å². The van der Waals surface area contributed by atoms with Crippen LogP contribution in [0, 0.1) is 0 Å². The number of pyridine rings is 1. The summed E-state index contributed by atoms with van der Waals surface area (Å²) in [5.74, 6) is 0.735. The number of amides is 2. The third-order valence-corrected chi connectivity index (χ3v) is 4.94. The number of nitrogens with two attached hydrogens (primary N) is 1. The summed E-state index contributed by atoms with van der Waals surface area (Å²) in [6, 6.07) is 4.99. The van der Waals surface area contributed by atoms with Gasteiger partial charge in [0.25, 0.3) is 0 Å². The largest absolute Gasteiger partial charge is 0.390 e. The molecule has 1 fully saturated rings. The van der Waals surface area contributed by atoms with Crippen LogP contribution in [0.4, 0.5) is 16.3 Å². The first-order chi connectivity index (χ1) is 12.0. The van der Waals surface area contributed by atoms with E-state index in [0.29, 0.717) is 5.69 Å². The van der Waals surface area contributed by atoms with Crippen molar-refractivity contribution in [3.8, 4) is 0 Å². The van der Waals surface area contributed by atoms with Crippen molar-refractivity contribution in [3.05, 3.63) is 30.1 Å². The molecule has 0 unspecified atom stereocenters. The summed E-state index contributed by atoms with van der Waals surface area (Å²) >= 11 is 1.47. The maximum absolute atomic E-state index is 11.4. The van der Waals surface area contributed by atoms with Crippen molar-refractivity contribution in [1.29, 1.82) is 0 Å². The topological polar surface area (TPSA) is 111 Å². The van der Waals surface area contributed by atoms with Crippen molar-refractivity contribution < 1.29 is 9.90 Å². The van der Waals surface area contributed by atoms with Crippen molar-refractivity contribution in [2.24, 2.45) is 5.73 Å². The molecule has 2 aromatic rings. The van der Waals surface area contributed by atoms with Gasteiger partial charge < -0.3 is 30.9 Å². The molecule has 8 nitrogen and oxygen atoms in total. The van der Waals surface area contributed by atoms with E-state index in [4.69, 9.17) is 10.8 Å². The van der Waals surface area contributed by atoms with Crippen molar-refractivity contribution in [3.63, 3.8) is 0 Å². The first-order valence-corrected chi connectivity index (χ1v) is 8.83. The average Bonchev–Trinajstić information content (AvgIpc) is 3.03. The SMILES string of the molecule is CN1CCN(c2ncc(Sc3ccc(CO)[nH]3)cc2NC(N)=O)CC1. The number of anilines is 2. The third-order valence-electron chi connectivity index (χ3n) is 4.02. The number of rotatable bonds is 5. The van der Waals surface area contributed by atoms with Crippen molar-refractivity contribution >= 4 is 29.3 Å². The van der Waals surface area contributed by atoms with Crippen LogP contribution in [0.1, 0.15) is 5.69 Å². The Bertz CT molecular complexity index is 742. The molecule has 0 bridgehead atoms. The van der Waals surface area contributed by atoms with Gasteiger partial charge in [-0.1, -0.05) is 11.8 Å². The number of carbonyl (C=O) groups is 1. The molecule has 134 valence electrons. The summed E-state index contributed by atoms with van der Waals surface area (Å²) < 4.78 is 0. The molecule has 0 radical (unpaired) electrons. The predicted molar refractivity (Wildman–Crippen MR) is 98.0 cm³/mol. The number of aliphatic hydroxyl groups is 1. The smallest absolute Gasteiger partial charge is 0.316 e. The monoisotopic (exact) mass is 362 g/mol. The normalized spacial score (nSPS) is 15.4. The molecule has 1 saturated heterocycles. The van der Waals surface area contributed by atoms with Crippen LogP contribution in [0.2, 0.25) is 0 Å². The number of aliphatic hydroxyl groups excluding tert-OH is 1. The molecule has 0 aliphatic carbocycles. The summed E-state index contributed by atoms with van der Waals surface area (Å²) in [6.07, 6.45) is 1.78. The number of urea groups is 1. The highest BCUT2D eigenvalue weighted by atomic mass is 32.2. The molecule has 1 aliphatic rings. The van der Waals surface area contributed by atoms with Gasteiger partial charge in [0.2, 0.25) is 0 Å². The number of H-pyrrole nitrogens is 1. The molecule has 2 amide bonds. The number of aromatic amines is 1. The highest BCUT2D eigenvalue weighted by molar-refractivity contribution is 7.99. The van der Waals surface area contributed by atoms with Gasteiger partial charge in [0.1, 0.15) is 0 Å². The lowest BCUT2D eigenvalue weighted by Gasteiger charge is -2.34. The maximum atomic E-state index is 11.4. The Morgan fingerprint density at radius 1 is 1.40 bits per heavy atom. The Kier molecular flexibility index (Phi) is 5.47. The Balaban J connectivity index is 1.82. The van der Waals surface area contributed by atoms with Gasteiger partial charge in [0.15, 0.2) is 5.82 Å². The maximum Gasteiger partial charge on any atom is 0.316 e. The van der Waals surface area contributed by atoms with E-state index in [0.717, 1.165) is 47.6 Å². The van der Waals surface area contributed by atoms with Crippen LogP contribution in [0.25, 0.3) is 0 Å². The minimum Gasteiger partial charge on any atom is -0.390 e. The van der Waals surface area contributed by atoms with Gasteiger partial charge in [-0.25, -0.2) is 9.78 Å². The quantitative estimate of drug-likeness (QED) is 0.638. The second-order valence-corrected chi connectivity index (χ2v) is 7.05. The number of piperazine rings is 1. The Morgan fingerprint density at radius 3 is 2.80 bits per heavy atom. The van der Waals surface area contributed by atoms with Crippen LogP contribution in [0.3, 0.4) is 0 Å². The number of hydrogen-bond acceptors (Lipinski definition) is 6. The first-order valence-electron chi connectivity index (χ1n) is 8.02. The zero-order valence-corrected chi connectivity index (χ0v) is 14.8. The van der Waals surface area contributed by atoms with Gasteiger partial charge in [-0.05, 0) is 25.2 Å². The molecule has 3 rings (SSSR count). The molecule has 5 N–H and O–H groups in total. The van der Waals surface area contributed by atoms with Crippen LogP contribution in [-0.4, -0.2) is 59.2 Å². The lowest BCUT2D eigenvalue weighted by Crippen LogP contribution is -2.45. The van der Waals surface area contributed by atoms with E-state index in [1.807, 2.05) is 18.2 Å². The highest BCUT2D eigenvalue weighted by Crippen LogP contribution is 2.32. The molecule has 1 aliphatic heterocycles. The fraction of sp³-hybridized carbons (Fsp3) is 0.375. The van der Waals surface area contributed by atoms with E-state index in [1.165, 1.54) is 11.8 Å². The number of nitrogens with zero attached hydrogens (tertiary/aromatic N) is 3. The van der Waals surface area contributed by atoms with Crippen molar-refractivity contribution in [2.45, 2.75) is 16.5 Å². The summed E-state index contributed by atoms with van der Waals surface area (Å²) in [5, 5.41) is 12.7. The molecular formula is C16H22N6O2S. The number of primary amides is 1. The van der Waals surface area contributed by atoms with E-state index in [9.17, 15) is 4.79 Å². The summed E-state index contributed by atoms with van der Waals surface area (Å²) in [5.41, 5.74) is 6.68. The minimum absolute atomic E-state index is 0.0321. The van der Waals surface area contributed by atoms with Crippen LogP contribution in [-0.2, 0) is 6.61 Å². The summed E-state index contributed by atoms with van der Waals surface area (Å²) in [6.45, 7) is 3.55.